The normalized spacial score (nSPS) is 27.1. The monoisotopic (exact) mass is 240 g/mol. The van der Waals surface area contributed by atoms with Crippen LogP contribution in [0.4, 0.5) is 0 Å². The maximum atomic E-state index is 11.9. The highest BCUT2D eigenvalue weighted by molar-refractivity contribution is 5.94. The van der Waals surface area contributed by atoms with E-state index in [2.05, 4.69) is 10.6 Å². The van der Waals surface area contributed by atoms with Crippen molar-refractivity contribution in [2.45, 2.75) is 44.2 Å². The lowest BCUT2D eigenvalue weighted by Crippen LogP contribution is -2.57. The van der Waals surface area contributed by atoms with E-state index in [0.29, 0.717) is 12.8 Å². The summed E-state index contributed by atoms with van der Waals surface area (Å²) in [6.07, 6.45) is 2.40. The predicted octanol–water partition coefficient (Wildman–Crippen LogP) is -0.366. The van der Waals surface area contributed by atoms with Gasteiger partial charge in [0.1, 0.15) is 11.6 Å². The summed E-state index contributed by atoms with van der Waals surface area (Å²) in [5, 5.41) is 14.3. The number of carboxylic acids is 1. The summed E-state index contributed by atoms with van der Waals surface area (Å²) in [7, 11) is 0. The quantitative estimate of drug-likeness (QED) is 0.625. The molecule has 0 aromatic carbocycles. The first kappa shape index (κ1) is 11.9. The van der Waals surface area contributed by atoms with Gasteiger partial charge in [0.15, 0.2) is 0 Å². The fourth-order valence-electron chi connectivity index (χ4n) is 2.14. The average Bonchev–Trinajstić information content (AvgIpc) is 3.01. The minimum Gasteiger partial charge on any atom is -0.480 e. The van der Waals surface area contributed by atoms with Gasteiger partial charge in [-0.3, -0.25) is 9.59 Å². The number of carbonyl (C=O) groups is 3. The van der Waals surface area contributed by atoms with Gasteiger partial charge in [0, 0.05) is 6.42 Å². The Morgan fingerprint density at radius 2 is 2.06 bits per heavy atom. The summed E-state index contributed by atoms with van der Waals surface area (Å²) in [6.45, 7) is 1.53. The number of carboxylic acid groups (broad SMARTS) is 1. The van der Waals surface area contributed by atoms with E-state index in [4.69, 9.17) is 0 Å². The molecule has 1 saturated carbocycles. The highest BCUT2D eigenvalue weighted by Gasteiger charge is 2.49. The molecule has 0 spiro atoms. The molecular formula is C11H16N2O4. The van der Waals surface area contributed by atoms with Crippen molar-refractivity contribution in [3.8, 4) is 0 Å². The Bertz CT molecular complexity index is 378. The number of hydrogen-bond acceptors (Lipinski definition) is 3. The van der Waals surface area contributed by atoms with Crippen LogP contribution in [0.2, 0.25) is 0 Å². The van der Waals surface area contributed by atoms with Crippen LogP contribution in [0.3, 0.4) is 0 Å². The van der Waals surface area contributed by atoms with Gasteiger partial charge < -0.3 is 15.7 Å². The molecule has 0 bridgehead atoms. The molecule has 1 aliphatic carbocycles. The summed E-state index contributed by atoms with van der Waals surface area (Å²) in [4.78, 5) is 34.1. The topological polar surface area (TPSA) is 95.5 Å². The molecule has 0 aromatic rings. The zero-order valence-electron chi connectivity index (χ0n) is 9.66. The maximum Gasteiger partial charge on any atom is 0.329 e. The molecule has 2 aliphatic rings. The van der Waals surface area contributed by atoms with Crippen LogP contribution in [0.25, 0.3) is 0 Å². The molecule has 1 aliphatic heterocycles. The SMILES string of the molecule is CC(NC(=O)[C@H]1CCC(=O)N1)(C(=O)O)C1CC1. The van der Waals surface area contributed by atoms with Crippen molar-refractivity contribution >= 4 is 17.8 Å². The van der Waals surface area contributed by atoms with E-state index in [-0.39, 0.29) is 11.8 Å². The molecule has 1 unspecified atom stereocenters. The molecule has 94 valence electrons. The van der Waals surface area contributed by atoms with E-state index in [1.165, 1.54) is 6.92 Å². The second-order valence-electron chi connectivity index (χ2n) is 4.93. The van der Waals surface area contributed by atoms with Gasteiger partial charge in [0.2, 0.25) is 11.8 Å². The molecular weight excluding hydrogens is 224 g/mol. The summed E-state index contributed by atoms with van der Waals surface area (Å²) in [6, 6.07) is -0.583. The highest BCUT2D eigenvalue weighted by Crippen LogP contribution is 2.39. The maximum absolute atomic E-state index is 11.9. The Morgan fingerprint density at radius 1 is 1.41 bits per heavy atom. The zero-order valence-corrected chi connectivity index (χ0v) is 9.66. The van der Waals surface area contributed by atoms with E-state index >= 15 is 0 Å². The third kappa shape index (κ3) is 2.25. The molecule has 2 amide bonds. The third-order valence-corrected chi connectivity index (χ3v) is 3.53. The summed E-state index contributed by atoms with van der Waals surface area (Å²) >= 11 is 0. The van der Waals surface area contributed by atoms with Crippen molar-refractivity contribution in [1.29, 1.82) is 0 Å². The van der Waals surface area contributed by atoms with Gasteiger partial charge in [0.05, 0.1) is 0 Å². The first-order valence-corrected chi connectivity index (χ1v) is 5.78. The van der Waals surface area contributed by atoms with Gasteiger partial charge in [-0.1, -0.05) is 0 Å². The molecule has 2 fully saturated rings. The van der Waals surface area contributed by atoms with Crippen LogP contribution in [-0.4, -0.2) is 34.5 Å². The van der Waals surface area contributed by atoms with Gasteiger partial charge in [-0.05, 0) is 32.1 Å². The van der Waals surface area contributed by atoms with E-state index in [0.717, 1.165) is 12.8 Å². The van der Waals surface area contributed by atoms with Gasteiger partial charge in [-0.15, -0.1) is 0 Å². The summed E-state index contributed by atoms with van der Waals surface area (Å²) in [5.74, 6) is -1.57. The molecule has 6 nitrogen and oxygen atoms in total. The second kappa shape index (κ2) is 4.01. The lowest BCUT2D eigenvalue weighted by atomic mass is 9.95. The number of amides is 2. The van der Waals surface area contributed by atoms with E-state index in [9.17, 15) is 19.5 Å². The molecule has 0 radical (unpaired) electrons. The number of aliphatic carboxylic acids is 1. The van der Waals surface area contributed by atoms with Crippen LogP contribution in [0.5, 0.6) is 0 Å². The van der Waals surface area contributed by atoms with Crippen molar-refractivity contribution in [3.05, 3.63) is 0 Å². The summed E-state index contributed by atoms with van der Waals surface area (Å²) < 4.78 is 0. The van der Waals surface area contributed by atoms with Gasteiger partial charge in [-0.25, -0.2) is 4.79 Å². The van der Waals surface area contributed by atoms with Crippen LogP contribution in [0.15, 0.2) is 0 Å². The van der Waals surface area contributed by atoms with Crippen molar-refractivity contribution < 1.29 is 19.5 Å². The molecule has 6 heteroatoms. The largest absolute Gasteiger partial charge is 0.480 e. The molecule has 17 heavy (non-hydrogen) atoms. The zero-order chi connectivity index (χ0) is 12.6. The molecule has 1 saturated heterocycles. The Hall–Kier alpha value is -1.59. The fraction of sp³-hybridized carbons (Fsp3) is 0.727. The van der Waals surface area contributed by atoms with Crippen LogP contribution in [0, 0.1) is 5.92 Å². The number of rotatable bonds is 4. The fourth-order valence-corrected chi connectivity index (χ4v) is 2.14. The minimum atomic E-state index is -1.20. The van der Waals surface area contributed by atoms with Crippen molar-refractivity contribution in [3.63, 3.8) is 0 Å². The lowest BCUT2D eigenvalue weighted by molar-refractivity contribution is -0.148. The Kier molecular flexibility index (Phi) is 2.81. The highest BCUT2D eigenvalue weighted by atomic mass is 16.4. The number of hydrogen-bond donors (Lipinski definition) is 3. The first-order chi connectivity index (χ1) is 7.93. The summed E-state index contributed by atoms with van der Waals surface area (Å²) in [5.41, 5.74) is -1.20. The van der Waals surface area contributed by atoms with Gasteiger partial charge in [-0.2, -0.15) is 0 Å². The minimum absolute atomic E-state index is 0.000976. The lowest BCUT2D eigenvalue weighted by Gasteiger charge is -2.27. The Labute approximate surface area is 98.8 Å². The van der Waals surface area contributed by atoms with E-state index < -0.39 is 23.5 Å². The number of carbonyl (C=O) groups excluding carboxylic acids is 2. The predicted molar refractivity (Wildman–Crippen MR) is 58.1 cm³/mol. The van der Waals surface area contributed by atoms with Crippen LogP contribution < -0.4 is 10.6 Å². The molecule has 3 N–H and O–H groups in total. The standard InChI is InChI=1S/C11H16N2O4/c1-11(10(16)17,6-2-3-6)13-9(15)7-4-5-8(14)12-7/h6-7H,2-5H2,1H3,(H,12,14)(H,13,15)(H,16,17)/t7-,11?/m1/s1. The van der Waals surface area contributed by atoms with Gasteiger partial charge >= 0.3 is 5.97 Å². The Morgan fingerprint density at radius 3 is 2.47 bits per heavy atom. The first-order valence-electron chi connectivity index (χ1n) is 5.78. The van der Waals surface area contributed by atoms with E-state index in [1.54, 1.807) is 0 Å². The molecule has 1 heterocycles. The smallest absolute Gasteiger partial charge is 0.329 e. The van der Waals surface area contributed by atoms with Crippen molar-refractivity contribution in [2.75, 3.05) is 0 Å². The number of nitrogens with one attached hydrogen (secondary N) is 2. The third-order valence-electron chi connectivity index (χ3n) is 3.53. The molecule has 2 atom stereocenters. The van der Waals surface area contributed by atoms with Crippen molar-refractivity contribution in [2.24, 2.45) is 5.92 Å². The molecule has 0 aromatic heterocycles. The van der Waals surface area contributed by atoms with Crippen molar-refractivity contribution in [1.82, 2.24) is 10.6 Å². The van der Waals surface area contributed by atoms with Gasteiger partial charge in [0.25, 0.3) is 0 Å². The molecule has 2 rings (SSSR count). The van der Waals surface area contributed by atoms with E-state index in [1.807, 2.05) is 0 Å². The van der Waals surface area contributed by atoms with Crippen LogP contribution >= 0.6 is 0 Å². The van der Waals surface area contributed by atoms with Crippen LogP contribution in [-0.2, 0) is 14.4 Å². The average molecular weight is 240 g/mol. The Balaban J connectivity index is 2.01. The second-order valence-corrected chi connectivity index (χ2v) is 4.93. The van der Waals surface area contributed by atoms with Crippen LogP contribution in [0.1, 0.15) is 32.6 Å².